The van der Waals surface area contributed by atoms with E-state index in [2.05, 4.69) is 260 Å². The van der Waals surface area contributed by atoms with Crippen LogP contribution in [0.1, 0.15) is 0 Å². The molecule has 508 valence electrons. The maximum absolute atomic E-state index is 6.29. The van der Waals surface area contributed by atoms with Gasteiger partial charge in [0.15, 0.2) is 72.3 Å². The van der Waals surface area contributed by atoms with Gasteiger partial charge in [-0.2, -0.15) is 0 Å². The second kappa shape index (κ2) is 49.0. The minimum Gasteiger partial charge on any atom is -0.461 e. The second-order valence-electron chi connectivity index (χ2n) is 28.1. The molecule has 84 heavy (non-hydrogen) atoms. The van der Waals surface area contributed by atoms with Gasteiger partial charge in [-0.1, -0.05) is 99.1 Å². The largest absolute Gasteiger partial charge is 0.461 e. The molecule has 14 nitrogen and oxygen atoms in total. The number of hydrogen-bond acceptors (Lipinski definition) is 14. The maximum Gasteiger partial charge on any atom is 0.314 e. The molecule has 1 aliphatic heterocycles. The third kappa shape index (κ3) is 68.3. The van der Waals surface area contributed by atoms with Crippen molar-refractivity contribution in [3.8, 4) is 0 Å². The van der Waals surface area contributed by atoms with Crippen LogP contribution in [0.2, 0.25) is 274 Å². The van der Waals surface area contributed by atoms with Gasteiger partial charge in [0, 0.05) is 17.6 Å². The van der Waals surface area contributed by atoms with E-state index in [4.69, 9.17) is 57.6 Å². The van der Waals surface area contributed by atoms with E-state index in [9.17, 15) is 0 Å². The van der Waals surface area contributed by atoms with Gasteiger partial charge in [0.1, 0.15) is 0 Å². The number of benzene rings is 1. The zero-order chi connectivity index (χ0) is 67.5. The lowest BCUT2D eigenvalue weighted by molar-refractivity contribution is 0.294. The van der Waals surface area contributed by atoms with E-state index < -0.39 is 178 Å². The molecule has 2 rings (SSSR count). The van der Waals surface area contributed by atoms with Crippen LogP contribution in [0.3, 0.4) is 0 Å². The molecule has 0 amide bonds. The van der Waals surface area contributed by atoms with Gasteiger partial charge in [-0.25, -0.2) is 0 Å². The number of hydrogen-bond donors (Lipinski definition) is 0. The Kier molecular flexibility index (Phi) is 56.1. The van der Waals surface area contributed by atoms with Gasteiger partial charge >= 0.3 is 51.4 Å². The molecule has 0 bridgehead atoms. The molecular formula is C48H144O14Si22. The predicted molar refractivity (Wildman–Crippen MR) is 434 cm³/mol. The number of rotatable bonds is 25. The van der Waals surface area contributed by atoms with Crippen molar-refractivity contribution in [2.24, 2.45) is 0 Å². The van der Waals surface area contributed by atoms with Gasteiger partial charge in [0.05, 0.1) is 17.6 Å². The summed E-state index contributed by atoms with van der Waals surface area (Å²) in [5.74, 6) is 0. The summed E-state index contributed by atoms with van der Waals surface area (Å²) in [5, 5.41) is 3.18. The quantitative estimate of drug-likeness (QED) is 0.0861. The summed E-state index contributed by atoms with van der Waals surface area (Å²) in [4.78, 5) is 0. The van der Waals surface area contributed by atoms with Crippen molar-refractivity contribution in [2.75, 3.05) is 0 Å². The van der Waals surface area contributed by atoms with Crippen LogP contribution in [0.5, 0.6) is 0 Å². The highest BCUT2D eigenvalue weighted by Crippen LogP contribution is 2.23. The Morgan fingerprint density at radius 2 is 0.464 bits per heavy atom. The van der Waals surface area contributed by atoms with Crippen LogP contribution in [-0.4, -0.2) is 196 Å². The third-order valence-electron chi connectivity index (χ3n) is 10.3. The molecule has 0 aliphatic carbocycles. The Morgan fingerprint density at radius 3 is 0.607 bits per heavy atom. The highest BCUT2D eigenvalue weighted by atomic mass is 28.5. The van der Waals surface area contributed by atoms with Gasteiger partial charge in [-0.15, -0.1) is 0 Å². The summed E-state index contributed by atoms with van der Waals surface area (Å²) in [6.45, 7) is 88.0. The molecule has 0 atom stereocenters. The van der Waals surface area contributed by atoms with E-state index in [0.717, 1.165) is 0 Å². The molecule has 0 radical (unpaired) electrons. The van der Waals surface area contributed by atoms with Gasteiger partial charge in [-0.3, -0.25) is 0 Å². The normalized spacial score (nSPS) is 17.5. The molecule has 1 heterocycles. The van der Waals surface area contributed by atoms with Crippen molar-refractivity contribution in [2.45, 2.75) is 274 Å². The first-order chi connectivity index (χ1) is 37.6. The van der Waals surface area contributed by atoms with Crippen LogP contribution < -0.4 is 10.4 Å². The van der Waals surface area contributed by atoms with Gasteiger partial charge in [0.25, 0.3) is 37.1 Å². The van der Waals surface area contributed by atoms with E-state index in [1.807, 2.05) is 26.2 Å². The van der Waals surface area contributed by atoms with E-state index in [1.165, 1.54) is 0 Å². The molecule has 1 saturated heterocycles. The summed E-state index contributed by atoms with van der Waals surface area (Å²) in [6.07, 6.45) is 0. The molecule has 0 aromatic heterocycles. The average Bonchev–Trinajstić information content (AvgIpc) is 3.18. The minimum absolute atomic E-state index is 0.192. The molecule has 1 aromatic rings. The maximum atomic E-state index is 6.29. The molecule has 36 heteroatoms. The topological polar surface area (TPSA) is 129 Å². The monoisotopic (exact) mass is 1560 g/mol. The smallest absolute Gasteiger partial charge is 0.314 e. The molecule has 0 N–H and O–H groups in total. The molecule has 1 aliphatic rings. The van der Waals surface area contributed by atoms with Crippen molar-refractivity contribution in [1.82, 2.24) is 0 Å². The third-order valence-corrected chi connectivity index (χ3v) is 70.7. The fourth-order valence-electron chi connectivity index (χ4n) is 9.01. The van der Waals surface area contributed by atoms with Crippen molar-refractivity contribution < 1.29 is 57.6 Å². The van der Waals surface area contributed by atoms with Crippen LogP contribution in [0.4, 0.5) is 0 Å². The highest BCUT2D eigenvalue weighted by Gasteiger charge is 2.42. The lowest BCUT2D eigenvalue weighted by atomic mass is 10.4. The van der Waals surface area contributed by atoms with Crippen LogP contribution in [0.25, 0.3) is 0 Å². The zero-order valence-corrected chi connectivity index (χ0v) is 87.2. The summed E-state index contributed by atoms with van der Waals surface area (Å²) < 4.78 is 82.6. The van der Waals surface area contributed by atoms with Crippen LogP contribution in [-0.2, 0) is 57.6 Å². The molecule has 0 unspecified atom stereocenters. The minimum atomic E-state index is -2.19. The zero-order valence-electron chi connectivity index (χ0n) is 62.7. The second-order valence-corrected chi connectivity index (χ2v) is 92.4. The molecule has 0 saturated carbocycles. The first-order valence-electron chi connectivity index (χ1n) is 32.1. The molecule has 0 spiro atoms. The Hall–Kier alpha value is 3.43. The van der Waals surface area contributed by atoms with Gasteiger partial charge in [-0.05, 0) is 210 Å². The summed E-state index contributed by atoms with van der Waals surface area (Å²) in [5.41, 5.74) is 0. The van der Waals surface area contributed by atoms with Crippen molar-refractivity contribution >= 4 is 206 Å². The average molecular weight is 1560 g/mol. The Balaban J connectivity index is -0.000000295. The lowest BCUT2D eigenvalue weighted by Crippen LogP contribution is -2.55. The molecule has 1 fully saturated rings. The van der Waals surface area contributed by atoms with E-state index in [1.54, 1.807) is 22.5 Å². The summed E-state index contributed by atoms with van der Waals surface area (Å²) in [6, 6.07) is 12.5. The van der Waals surface area contributed by atoms with Gasteiger partial charge in [0.2, 0.25) is 0 Å². The predicted octanol–water partition coefficient (Wildman–Crippen LogP) is 10.7. The van der Waals surface area contributed by atoms with E-state index >= 15 is 0 Å². The summed E-state index contributed by atoms with van der Waals surface area (Å²) >= 11 is 0. The van der Waals surface area contributed by atoms with Crippen molar-refractivity contribution in [3.63, 3.8) is 0 Å². The van der Waals surface area contributed by atoms with E-state index in [-0.39, 0.29) is 17.6 Å². The van der Waals surface area contributed by atoms with Crippen molar-refractivity contribution in [1.29, 1.82) is 0 Å². The highest BCUT2D eigenvalue weighted by molar-refractivity contribution is 6.88. The Morgan fingerprint density at radius 1 is 0.286 bits per heavy atom. The Labute approximate surface area is 557 Å². The lowest BCUT2D eigenvalue weighted by Gasteiger charge is -2.39. The van der Waals surface area contributed by atoms with Crippen LogP contribution >= 0.6 is 0 Å². The summed E-state index contributed by atoms with van der Waals surface area (Å²) in [7, 11) is -26.4. The van der Waals surface area contributed by atoms with Crippen LogP contribution in [0.15, 0.2) is 24.3 Å². The van der Waals surface area contributed by atoms with Crippen molar-refractivity contribution in [3.05, 3.63) is 24.3 Å². The fraction of sp³-hybridized carbons (Fsp3) is 0.875. The first-order valence-corrected chi connectivity index (χ1v) is 91.7. The SMILES string of the molecule is C[SiH](C)CC[SiH](C)C.C[SiH](C)O[SiH](C)C.C[SiH](C)O[Si](C)(C)O[SiH](C)C.C[SiH](C)O[Si](C)(C)O[Si](C)(C)O[SiH](C)C.C[SiH](C)O[Si](C)(C)O[Si](C)(C)O[Si](C)(C)O[SiH](C)C.C[SiH](C)c1ccc([SiH](C)C)cc1.C[SiH]1O[SiH](C)O[SiH](C)O[SiH](C)O1. The molecular weight excluding hydrogens is 1420 g/mol. The first kappa shape index (κ1) is 96.1. The Bertz CT molecular complexity index is 1580. The van der Waals surface area contributed by atoms with Gasteiger partial charge < -0.3 is 57.6 Å². The standard InChI is InChI=1S/C10H32O4Si5.C10H18Si2.C8H26O3Si4.C6H20O2Si3.C6H18Si2.C4H16O4Si4.C4H14OSi2/c1-15(2)11-17(5,6)13-19(9,10)14-18(7,8)12-16(3)4;1-11(2)9-5-7-10(8-6-9)12(3)4;1-12(2)9-14(5,6)11-15(7,8)10-13(3)4;1-9(2)7-11(5,6)8-10(3)4;1-7(2)5-6-8(3)4;1-9-5-10(2)7-12(4)8-11(3)6-9;1-6(2)5-7(3)4/h15-16H,1-10H3;5-8,11-12H,1-4H3;12-13H,1-8H3;9-10H,1-6H3;7-8H,5-6H2,1-4H3;9-12H,1-4H3;6-7H,1-4H3. The molecule has 1 aromatic carbocycles. The van der Waals surface area contributed by atoms with Crippen LogP contribution in [0, 0.1) is 0 Å². The van der Waals surface area contributed by atoms with E-state index in [0.29, 0.717) is 0 Å². The fourth-order valence-corrected chi connectivity index (χ4v) is 77.8.